The molecule has 0 amide bonds. The molecule has 10 aromatic rings. The van der Waals surface area contributed by atoms with Crippen LogP contribution in [0.5, 0.6) is 0 Å². The lowest BCUT2D eigenvalue weighted by molar-refractivity contribution is 1.05. The van der Waals surface area contributed by atoms with Crippen LogP contribution in [-0.2, 0) is 0 Å². The highest BCUT2D eigenvalue weighted by Crippen LogP contribution is 2.45. The zero-order valence-corrected chi connectivity index (χ0v) is 30.3. The maximum atomic E-state index is 5.23. The number of rotatable bonds is 4. The summed E-state index contributed by atoms with van der Waals surface area (Å²) in [7, 11) is 0. The molecule has 0 aliphatic carbocycles. The summed E-state index contributed by atoms with van der Waals surface area (Å²) in [4.78, 5) is 10.3. The molecule has 256 valence electrons. The monoisotopic (exact) mass is 718 g/mol. The first-order chi connectivity index (χ1) is 27.3. The van der Waals surface area contributed by atoms with E-state index in [1.807, 2.05) is 35.6 Å². The van der Waals surface area contributed by atoms with Crippen molar-refractivity contribution in [1.82, 2.24) is 19.1 Å². The molecule has 5 heteroatoms. The van der Waals surface area contributed by atoms with Crippen molar-refractivity contribution in [2.24, 2.45) is 0 Å². The van der Waals surface area contributed by atoms with Crippen LogP contribution in [0.15, 0.2) is 182 Å². The summed E-state index contributed by atoms with van der Waals surface area (Å²) < 4.78 is 7.36. The summed E-state index contributed by atoms with van der Waals surface area (Å²) in [6.07, 6.45) is 0. The Balaban J connectivity index is 1.11. The zero-order valence-electron chi connectivity index (χ0n) is 29.5. The van der Waals surface area contributed by atoms with E-state index in [0.29, 0.717) is 5.82 Å². The van der Waals surface area contributed by atoms with Gasteiger partial charge in [-0.25, -0.2) is 9.97 Å². The van der Waals surface area contributed by atoms with Crippen molar-refractivity contribution in [3.8, 4) is 45.3 Å². The third-order valence-corrected chi connectivity index (χ3v) is 12.2. The van der Waals surface area contributed by atoms with Crippen molar-refractivity contribution in [1.29, 1.82) is 0 Å². The lowest BCUT2D eigenvalue weighted by Gasteiger charge is -2.24. The second-order valence-electron chi connectivity index (χ2n) is 14.2. The average Bonchev–Trinajstić information content (AvgIpc) is 3.59. The van der Waals surface area contributed by atoms with Crippen LogP contribution >= 0.6 is 11.3 Å². The third-order valence-electron chi connectivity index (χ3n) is 11.1. The van der Waals surface area contributed by atoms with Gasteiger partial charge in [0.15, 0.2) is 5.82 Å². The average molecular weight is 719 g/mol. The number of nitrogens with zero attached hydrogens (tertiary/aromatic N) is 4. The topological polar surface area (TPSA) is 35.6 Å². The molecule has 12 rings (SSSR count). The van der Waals surface area contributed by atoms with E-state index in [0.717, 1.165) is 33.7 Å². The minimum Gasteiger partial charge on any atom is -0.306 e. The van der Waals surface area contributed by atoms with Crippen LogP contribution < -0.4 is 0 Å². The van der Waals surface area contributed by atoms with Crippen molar-refractivity contribution >= 4 is 75.1 Å². The molecule has 2 aromatic heterocycles. The Hall–Kier alpha value is -7.08. The maximum Gasteiger partial charge on any atom is 0.162 e. The zero-order chi connectivity index (χ0) is 36.0. The quantitative estimate of drug-likeness (QED) is 0.134. The van der Waals surface area contributed by atoms with E-state index >= 15 is 0 Å². The van der Waals surface area contributed by atoms with Gasteiger partial charge in [-0.05, 0) is 64.4 Å². The van der Waals surface area contributed by atoms with E-state index in [-0.39, 0.29) is 0 Å². The molecule has 0 spiro atoms. The second kappa shape index (κ2) is 11.7. The highest BCUT2D eigenvalue weighted by atomic mass is 32.1. The number of fused-ring (bicyclic) bond motifs is 7. The van der Waals surface area contributed by atoms with E-state index in [9.17, 15) is 0 Å². The molecule has 4 nitrogen and oxygen atoms in total. The van der Waals surface area contributed by atoms with Crippen LogP contribution in [0, 0.1) is 0 Å². The first kappa shape index (κ1) is 30.4. The van der Waals surface area contributed by atoms with Gasteiger partial charge < -0.3 is 4.57 Å². The largest absolute Gasteiger partial charge is 0.306 e. The second-order valence-corrected chi connectivity index (χ2v) is 15.3. The first-order valence-electron chi connectivity index (χ1n) is 18.6. The molecule has 4 heterocycles. The summed E-state index contributed by atoms with van der Waals surface area (Å²) in [5.74, 6) is 1.54. The highest BCUT2D eigenvalue weighted by molar-refractivity contribution is 7.24. The Bertz CT molecular complexity index is 3370. The SMILES string of the molecule is c1ccc(-c2cc(-n3c4ccccc4c4cc(-c5ccc6c7c5cccc7c5cccc7sc8ccccc8n6-c75)ccc43)nc(-c3ccccc3)n2)cc1. The normalized spacial score (nSPS) is 12.0. The fourth-order valence-electron chi connectivity index (χ4n) is 8.73. The first-order valence-corrected chi connectivity index (χ1v) is 19.4. The van der Waals surface area contributed by atoms with E-state index in [1.54, 1.807) is 0 Å². The van der Waals surface area contributed by atoms with E-state index in [2.05, 4.69) is 167 Å². The van der Waals surface area contributed by atoms with Gasteiger partial charge in [-0.1, -0.05) is 133 Å². The van der Waals surface area contributed by atoms with Gasteiger partial charge in [0.25, 0.3) is 0 Å². The number of para-hydroxylation sites is 3. The predicted molar refractivity (Wildman–Crippen MR) is 231 cm³/mol. The van der Waals surface area contributed by atoms with Crippen LogP contribution in [0.25, 0.3) is 109 Å². The Kier molecular flexibility index (Phi) is 6.47. The molecule has 0 radical (unpaired) electrons. The lowest BCUT2D eigenvalue weighted by atomic mass is 9.92. The van der Waals surface area contributed by atoms with Gasteiger partial charge in [-0.3, -0.25) is 4.57 Å². The Morgan fingerprint density at radius 1 is 0.382 bits per heavy atom. The summed E-state index contributed by atoms with van der Waals surface area (Å²) in [6.45, 7) is 0. The third kappa shape index (κ3) is 4.51. The molecular formula is C50H30N4S. The fourth-order valence-corrected chi connectivity index (χ4v) is 9.82. The minimum absolute atomic E-state index is 0.701. The summed E-state index contributed by atoms with van der Waals surface area (Å²) in [5.41, 5.74) is 11.3. The number of hydrogen-bond acceptors (Lipinski definition) is 3. The molecule has 2 aliphatic heterocycles. The summed E-state index contributed by atoms with van der Waals surface area (Å²) in [5, 5.41) is 7.48. The molecule has 0 N–H and O–H groups in total. The molecule has 0 saturated heterocycles. The van der Waals surface area contributed by atoms with Crippen molar-refractivity contribution in [2.45, 2.75) is 0 Å². The molecular weight excluding hydrogens is 689 g/mol. The smallest absolute Gasteiger partial charge is 0.162 e. The molecule has 55 heavy (non-hydrogen) atoms. The minimum atomic E-state index is 0.701. The molecule has 2 aliphatic rings. The summed E-state index contributed by atoms with van der Waals surface area (Å²) >= 11 is 1.86. The van der Waals surface area contributed by atoms with Crippen molar-refractivity contribution in [3.05, 3.63) is 182 Å². The van der Waals surface area contributed by atoms with Crippen molar-refractivity contribution < 1.29 is 0 Å². The molecule has 8 aromatic carbocycles. The van der Waals surface area contributed by atoms with E-state index in [1.165, 1.54) is 69.6 Å². The van der Waals surface area contributed by atoms with Gasteiger partial charge in [0.05, 0.1) is 42.8 Å². The molecule has 0 bridgehead atoms. The van der Waals surface area contributed by atoms with Crippen LogP contribution in [0.1, 0.15) is 0 Å². The van der Waals surface area contributed by atoms with Gasteiger partial charge in [-0.2, -0.15) is 0 Å². The van der Waals surface area contributed by atoms with Gasteiger partial charge in [0, 0.05) is 38.7 Å². The molecule has 0 unspecified atom stereocenters. The number of benzene rings is 8. The van der Waals surface area contributed by atoms with Gasteiger partial charge >= 0.3 is 0 Å². The van der Waals surface area contributed by atoms with Crippen LogP contribution in [-0.4, -0.2) is 19.1 Å². The standard InChI is InChI=1S/C50H30N4S/c1-3-13-31(14-4-1)40-30-47(52-50(51-40)32-15-5-2-6-16-32)53-41-21-8-7-17-35(41)39-29-33(25-27-42(39)53)34-26-28-44-48-36(34)18-11-19-37(48)38-20-12-24-46-49(38)54(44)43-22-9-10-23-45(43)55-46/h1-30H. The predicted octanol–water partition coefficient (Wildman–Crippen LogP) is 13.5. The van der Waals surface area contributed by atoms with Gasteiger partial charge in [0.1, 0.15) is 5.82 Å². The van der Waals surface area contributed by atoms with E-state index in [4.69, 9.17) is 9.97 Å². The van der Waals surface area contributed by atoms with Crippen LogP contribution in [0.2, 0.25) is 0 Å². The van der Waals surface area contributed by atoms with Gasteiger partial charge in [0.2, 0.25) is 0 Å². The lowest BCUT2D eigenvalue weighted by Crippen LogP contribution is -2.04. The van der Waals surface area contributed by atoms with Gasteiger partial charge in [-0.15, -0.1) is 11.3 Å². The van der Waals surface area contributed by atoms with Crippen molar-refractivity contribution in [2.75, 3.05) is 0 Å². The van der Waals surface area contributed by atoms with Crippen LogP contribution in [0.3, 0.4) is 0 Å². The highest BCUT2D eigenvalue weighted by Gasteiger charge is 2.22. The summed E-state index contributed by atoms with van der Waals surface area (Å²) in [6, 6.07) is 65.3. The maximum absolute atomic E-state index is 5.23. The molecule has 0 fully saturated rings. The number of pyridine rings is 1. The Labute approximate surface area is 320 Å². The van der Waals surface area contributed by atoms with E-state index < -0.39 is 0 Å². The van der Waals surface area contributed by atoms with Crippen LogP contribution in [0.4, 0.5) is 0 Å². The fraction of sp³-hybridized carbons (Fsp3) is 0. The number of aromatic nitrogens is 4. The Morgan fingerprint density at radius 3 is 1.91 bits per heavy atom. The molecule has 0 atom stereocenters. The Morgan fingerprint density at radius 2 is 1.04 bits per heavy atom. The van der Waals surface area contributed by atoms with Crippen molar-refractivity contribution in [3.63, 3.8) is 0 Å². The molecule has 0 saturated carbocycles. The number of hydrogen-bond donors (Lipinski definition) is 0.